The molecule has 142 valence electrons. The third-order valence-electron chi connectivity index (χ3n) is 4.30. The van der Waals surface area contributed by atoms with Crippen molar-refractivity contribution in [1.29, 1.82) is 0 Å². The van der Waals surface area contributed by atoms with Crippen LogP contribution in [0.25, 0.3) is 0 Å². The van der Waals surface area contributed by atoms with Gasteiger partial charge >= 0.3 is 5.97 Å². The number of carboxylic acids is 1. The molecule has 3 N–H and O–H groups in total. The van der Waals surface area contributed by atoms with Crippen molar-refractivity contribution in [2.75, 3.05) is 19.7 Å². The van der Waals surface area contributed by atoms with Crippen molar-refractivity contribution < 1.29 is 19.4 Å². The van der Waals surface area contributed by atoms with E-state index in [1.807, 2.05) is 0 Å². The molecule has 0 aliphatic carbocycles. The number of carboxylic acid groups (broad SMARTS) is 1. The number of ether oxygens (including phenoxy) is 1. The van der Waals surface area contributed by atoms with Crippen LogP contribution in [-0.2, 0) is 4.74 Å². The first kappa shape index (κ1) is 19.6. The number of aromatic carboxylic acids is 1. The molecule has 1 fully saturated rings. The minimum atomic E-state index is -1.16. The highest BCUT2D eigenvalue weighted by atomic mass is 35.5. The SMILES string of the molecule is O=C(O)c1ccccc1C(=O)NC1CNCCOC1c1ccc(Cl)c(Cl)c1. The zero-order valence-corrected chi connectivity index (χ0v) is 15.8. The van der Waals surface area contributed by atoms with Crippen molar-refractivity contribution in [2.24, 2.45) is 0 Å². The number of rotatable bonds is 4. The molecule has 1 aliphatic heterocycles. The van der Waals surface area contributed by atoms with E-state index in [4.69, 9.17) is 27.9 Å². The highest BCUT2D eigenvalue weighted by molar-refractivity contribution is 6.42. The van der Waals surface area contributed by atoms with Crippen LogP contribution >= 0.6 is 23.2 Å². The highest BCUT2D eigenvalue weighted by Gasteiger charge is 2.29. The second-order valence-electron chi connectivity index (χ2n) is 6.10. The molecule has 0 saturated carbocycles. The summed E-state index contributed by atoms with van der Waals surface area (Å²) in [6.07, 6.45) is -0.448. The molecule has 2 aromatic carbocycles. The number of amides is 1. The Bertz CT molecular complexity index is 859. The monoisotopic (exact) mass is 408 g/mol. The summed E-state index contributed by atoms with van der Waals surface area (Å²) in [5.41, 5.74) is 0.829. The molecule has 0 bridgehead atoms. The van der Waals surface area contributed by atoms with Crippen LogP contribution in [0.5, 0.6) is 0 Å². The van der Waals surface area contributed by atoms with Crippen LogP contribution in [0.3, 0.4) is 0 Å². The molecule has 0 aromatic heterocycles. The summed E-state index contributed by atoms with van der Waals surface area (Å²) < 4.78 is 5.92. The Hall–Kier alpha value is -2.12. The third kappa shape index (κ3) is 4.59. The van der Waals surface area contributed by atoms with Gasteiger partial charge in [-0.25, -0.2) is 4.79 Å². The lowest BCUT2D eigenvalue weighted by molar-refractivity contribution is 0.0416. The summed E-state index contributed by atoms with van der Waals surface area (Å²) in [7, 11) is 0. The Morgan fingerprint density at radius 1 is 1.11 bits per heavy atom. The summed E-state index contributed by atoms with van der Waals surface area (Å²) in [6, 6.07) is 10.9. The maximum Gasteiger partial charge on any atom is 0.336 e. The van der Waals surface area contributed by atoms with Gasteiger partial charge < -0.3 is 20.5 Å². The minimum absolute atomic E-state index is 0.0522. The number of benzene rings is 2. The van der Waals surface area contributed by atoms with Crippen molar-refractivity contribution in [1.82, 2.24) is 10.6 Å². The number of hydrogen-bond acceptors (Lipinski definition) is 4. The van der Waals surface area contributed by atoms with Gasteiger partial charge in [-0.3, -0.25) is 4.79 Å². The Kier molecular flexibility index (Phi) is 6.34. The lowest BCUT2D eigenvalue weighted by Gasteiger charge is -2.26. The number of carbonyl (C=O) groups excluding carboxylic acids is 1. The molecule has 0 spiro atoms. The van der Waals surface area contributed by atoms with Crippen molar-refractivity contribution in [3.63, 3.8) is 0 Å². The van der Waals surface area contributed by atoms with Gasteiger partial charge in [-0.15, -0.1) is 0 Å². The zero-order chi connectivity index (χ0) is 19.4. The van der Waals surface area contributed by atoms with Crippen LogP contribution in [0, 0.1) is 0 Å². The number of carbonyl (C=O) groups is 2. The Balaban J connectivity index is 1.87. The predicted octanol–water partition coefficient (Wildman–Crippen LogP) is 3.15. The van der Waals surface area contributed by atoms with Crippen LogP contribution in [0.4, 0.5) is 0 Å². The van der Waals surface area contributed by atoms with Crippen molar-refractivity contribution >= 4 is 35.1 Å². The van der Waals surface area contributed by atoms with Crippen molar-refractivity contribution in [3.8, 4) is 0 Å². The second kappa shape index (κ2) is 8.71. The van der Waals surface area contributed by atoms with E-state index in [2.05, 4.69) is 10.6 Å². The lowest BCUT2D eigenvalue weighted by atomic mass is 10.0. The first-order valence-corrected chi connectivity index (χ1v) is 9.13. The smallest absolute Gasteiger partial charge is 0.336 e. The van der Waals surface area contributed by atoms with Gasteiger partial charge in [0.05, 0.1) is 33.8 Å². The van der Waals surface area contributed by atoms with Gasteiger partial charge in [-0.05, 0) is 29.8 Å². The molecule has 2 atom stereocenters. The first-order valence-electron chi connectivity index (χ1n) is 8.38. The molecule has 3 rings (SSSR count). The average molecular weight is 409 g/mol. The van der Waals surface area contributed by atoms with Gasteiger partial charge in [0.15, 0.2) is 0 Å². The first-order chi connectivity index (χ1) is 13.0. The van der Waals surface area contributed by atoms with Crippen molar-refractivity contribution in [3.05, 3.63) is 69.2 Å². The van der Waals surface area contributed by atoms with Crippen molar-refractivity contribution in [2.45, 2.75) is 12.1 Å². The van der Waals surface area contributed by atoms with Gasteiger partial charge in [0.1, 0.15) is 6.10 Å². The summed E-state index contributed by atoms with van der Waals surface area (Å²) in [4.78, 5) is 24.1. The van der Waals surface area contributed by atoms with E-state index in [0.29, 0.717) is 29.7 Å². The Morgan fingerprint density at radius 2 is 1.85 bits per heavy atom. The predicted molar refractivity (Wildman–Crippen MR) is 103 cm³/mol. The fourth-order valence-corrected chi connectivity index (χ4v) is 3.30. The van der Waals surface area contributed by atoms with Crippen LogP contribution in [0.1, 0.15) is 32.4 Å². The molecule has 2 aromatic rings. The lowest BCUT2D eigenvalue weighted by Crippen LogP contribution is -2.45. The second-order valence-corrected chi connectivity index (χ2v) is 6.91. The topological polar surface area (TPSA) is 87.7 Å². The highest BCUT2D eigenvalue weighted by Crippen LogP contribution is 2.29. The fraction of sp³-hybridized carbons (Fsp3) is 0.263. The van der Waals surface area contributed by atoms with E-state index in [-0.39, 0.29) is 11.1 Å². The van der Waals surface area contributed by atoms with E-state index >= 15 is 0 Å². The van der Waals surface area contributed by atoms with Crippen LogP contribution in [-0.4, -0.2) is 42.7 Å². The summed E-state index contributed by atoms with van der Waals surface area (Å²) in [5.74, 6) is -1.63. The fourth-order valence-electron chi connectivity index (χ4n) is 3.00. The standard InChI is InChI=1S/C19H18Cl2N2O4/c20-14-6-5-11(9-15(14)21)17-16(10-22-7-8-27-17)23-18(24)12-3-1-2-4-13(12)19(25)26/h1-6,9,16-17,22H,7-8,10H2,(H,23,24)(H,25,26). The average Bonchev–Trinajstić information content (AvgIpc) is 2.89. The summed E-state index contributed by atoms with van der Waals surface area (Å²) in [5, 5.41) is 16.2. The molecule has 1 aliphatic rings. The van der Waals surface area contributed by atoms with Crippen LogP contribution in [0.2, 0.25) is 10.0 Å². The maximum atomic E-state index is 12.7. The molecule has 27 heavy (non-hydrogen) atoms. The Morgan fingerprint density at radius 3 is 2.56 bits per heavy atom. The Labute approximate surface area is 166 Å². The van der Waals surface area contributed by atoms with E-state index in [9.17, 15) is 14.7 Å². The van der Waals surface area contributed by atoms with E-state index in [0.717, 1.165) is 5.56 Å². The van der Waals surface area contributed by atoms with E-state index < -0.39 is 24.0 Å². The molecular formula is C19H18Cl2N2O4. The van der Waals surface area contributed by atoms with Gasteiger partial charge in [-0.1, -0.05) is 41.4 Å². The molecule has 0 radical (unpaired) electrons. The summed E-state index contributed by atoms with van der Waals surface area (Å²) >= 11 is 12.1. The van der Waals surface area contributed by atoms with E-state index in [1.54, 1.807) is 30.3 Å². The van der Waals surface area contributed by atoms with Crippen LogP contribution < -0.4 is 10.6 Å². The molecule has 6 nitrogen and oxygen atoms in total. The maximum absolute atomic E-state index is 12.7. The third-order valence-corrected chi connectivity index (χ3v) is 5.04. The molecule has 8 heteroatoms. The molecule has 1 amide bonds. The quantitative estimate of drug-likeness (QED) is 0.722. The number of halogens is 2. The molecule has 1 saturated heterocycles. The molecule has 2 unspecified atom stereocenters. The van der Waals surface area contributed by atoms with Gasteiger partial charge in [-0.2, -0.15) is 0 Å². The van der Waals surface area contributed by atoms with Crippen LogP contribution in [0.15, 0.2) is 42.5 Å². The van der Waals surface area contributed by atoms with Gasteiger partial charge in [0.2, 0.25) is 0 Å². The van der Waals surface area contributed by atoms with Gasteiger partial charge in [0, 0.05) is 13.1 Å². The summed E-state index contributed by atoms with van der Waals surface area (Å²) in [6.45, 7) is 1.56. The minimum Gasteiger partial charge on any atom is -0.478 e. The number of nitrogens with one attached hydrogen (secondary N) is 2. The largest absolute Gasteiger partial charge is 0.478 e. The molecular weight excluding hydrogens is 391 g/mol. The number of hydrogen-bond donors (Lipinski definition) is 3. The normalized spacial score (nSPS) is 19.9. The molecule has 1 heterocycles. The van der Waals surface area contributed by atoms with E-state index in [1.165, 1.54) is 12.1 Å². The van der Waals surface area contributed by atoms with Gasteiger partial charge in [0.25, 0.3) is 5.91 Å². The zero-order valence-electron chi connectivity index (χ0n) is 14.2.